The maximum atomic E-state index is 12.5. The number of nitrogens with two attached hydrogens (primary N) is 2. The van der Waals surface area contributed by atoms with E-state index in [0.717, 1.165) is 0 Å². The number of nitrogens with one attached hydrogen (secondary N) is 2. The molecule has 3 amide bonds. The summed E-state index contributed by atoms with van der Waals surface area (Å²) >= 11 is 0. The fourth-order valence-corrected chi connectivity index (χ4v) is 2.88. The normalized spacial score (nSPS) is 12.7. The SMILES string of the molecule is CC(C)(CCCNC(=O)CCC(N)C(=O)O)OCCC(C)(C)C(=O)NCCOCCOCC(N)=O. The van der Waals surface area contributed by atoms with Crippen LogP contribution in [0.15, 0.2) is 0 Å². The highest BCUT2D eigenvalue weighted by molar-refractivity contribution is 5.81. The van der Waals surface area contributed by atoms with E-state index in [9.17, 15) is 19.2 Å². The fraction of sp³-hybridized carbons (Fsp3) is 0.826. The third-order valence-electron chi connectivity index (χ3n) is 5.26. The molecule has 7 N–H and O–H groups in total. The van der Waals surface area contributed by atoms with Gasteiger partial charge < -0.3 is 41.4 Å². The Hall–Kier alpha value is -2.28. The smallest absolute Gasteiger partial charge is 0.320 e. The lowest BCUT2D eigenvalue weighted by molar-refractivity contribution is -0.138. The van der Waals surface area contributed by atoms with Crippen LogP contribution in [0.1, 0.15) is 59.8 Å². The Balaban J connectivity index is 3.99. The molecule has 0 rings (SSSR count). The van der Waals surface area contributed by atoms with E-state index in [1.807, 2.05) is 27.7 Å². The molecule has 0 saturated heterocycles. The molecule has 0 aromatic rings. The number of carbonyl (C=O) groups is 4. The maximum Gasteiger partial charge on any atom is 0.320 e. The van der Waals surface area contributed by atoms with Crippen LogP contribution in [0.3, 0.4) is 0 Å². The van der Waals surface area contributed by atoms with E-state index in [-0.39, 0.29) is 37.9 Å². The molecule has 1 atom stereocenters. The van der Waals surface area contributed by atoms with Gasteiger partial charge in [0.05, 0.1) is 25.4 Å². The van der Waals surface area contributed by atoms with Crippen LogP contribution in [0.5, 0.6) is 0 Å². The van der Waals surface area contributed by atoms with Gasteiger partial charge in [-0.2, -0.15) is 0 Å². The minimum absolute atomic E-state index is 0.0714. The molecule has 0 spiro atoms. The number of carboxylic acids is 1. The van der Waals surface area contributed by atoms with Crippen LogP contribution in [0.2, 0.25) is 0 Å². The van der Waals surface area contributed by atoms with Gasteiger partial charge in [0.2, 0.25) is 17.7 Å². The Morgan fingerprint density at radius 3 is 2.20 bits per heavy atom. The highest BCUT2D eigenvalue weighted by atomic mass is 16.5. The number of carboxylic acid groups (broad SMARTS) is 1. The summed E-state index contributed by atoms with van der Waals surface area (Å²) in [5.74, 6) is -1.98. The van der Waals surface area contributed by atoms with Gasteiger partial charge in [0, 0.05) is 31.5 Å². The van der Waals surface area contributed by atoms with Gasteiger partial charge >= 0.3 is 5.97 Å². The van der Waals surface area contributed by atoms with Crippen molar-refractivity contribution in [1.82, 2.24) is 10.6 Å². The van der Waals surface area contributed by atoms with Gasteiger partial charge in [-0.1, -0.05) is 13.8 Å². The highest BCUT2D eigenvalue weighted by Gasteiger charge is 2.28. The molecule has 35 heavy (non-hydrogen) atoms. The minimum atomic E-state index is -1.12. The van der Waals surface area contributed by atoms with Crippen LogP contribution in [-0.2, 0) is 33.4 Å². The average molecular weight is 505 g/mol. The lowest BCUT2D eigenvalue weighted by Crippen LogP contribution is -2.40. The molecule has 12 nitrogen and oxygen atoms in total. The summed E-state index contributed by atoms with van der Waals surface area (Å²) < 4.78 is 16.3. The Bertz CT molecular complexity index is 670. The Morgan fingerprint density at radius 2 is 1.57 bits per heavy atom. The van der Waals surface area contributed by atoms with E-state index in [2.05, 4.69) is 10.6 Å². The van der Waals surface area contributed by atoms with Crippen molar-refractivity contribution in [3.8, 4) is 0 Å². The number of aliphatic carboxylic acids is 1. The first-order valence-electron chi connectivity index (χ1n) is 11.9. The standard InChI is InChI=1S/C23H44N4O8/c1-22(2,21(32)27-11-13-33-14-15-34-16-18(25)28)9-12-35-23(3,4)8-5-10-26-19(29)7-6-17(24)20(30)31/h17H,5-16,24H2,1-4H3,(H2,25,28)(H,26,29)(H,27,32)(H,30,31). The third-order valence-corrected chi connectivity index (χ3v) is 5.26. The van der Waals surface area contributed by atoms with Crippen molar-refractivity contribution in [2.24, 2.45) is 16.9 Å². The second kappa shape index (κ2) is 17.2. The molecule has 0 aliphatic heterocycles. The molecule has 1 unspecified atom stereocenters. The third kappa shape index (κ3) is 17.8. The van der Waals surface area contributed by atoms with Crippen LogP contribution in [0.25, 0.3) is 0 Å². The molecule has 204 valence electrons. The van der Waals surface area contributed by atoms with Crippen LogP contribution >= 0.6 is 0 Å². The van der Waals surface area contributed by atoms with Gasteiger partial charge in [-0.3, -0.25) is 19.2 Å². The average Bonchev–Trinajstić information content (AvgIpc) is 2.76. The van der Waals surface area contributed by atoms with Crippen molar-refractivity contribution in [3.05, 3.63) is 0 Å². The molecule has 0 aromatic heterocycles. The Morgan fingerprint density at radius 1 is 0.914 bits per heavy atom. The molecule has 12 heteroatoms. The molecule has 0 aliphatic carbocycles. The van der Waals surface area contributed by atoms with Gasteiger partial charge in [0.15, 0.2) is 0 Å². The molecule has 0 radical (unpaired) electrons. The minimum Gasteiger partial charge on any atom is -0.480 e. The lowest BCUT2D eigenvalue weighted by atomic mass is 9.88. The van der Waals surface area contributed by atoms with Crippen molar-refractivity contribution in [2.75, 3.05) is 46.1 Å². The van der Waals surface area contributed by atoms with Gasteiger partial charge in [0.25, 0.3) is 0 Å². The van der Waals surface area contributed by atoms with E-state index in [4.69, 9.17) is 30.8 Å². The summed E-state index contributed by atoms with van der Waals surface area (Å²) in [6, 6.07) is -1.03. The molecule has 0 aromatic carbocycles. The van der Waals surface area contributed by atoms with Crippen LogP contribution in [-0.4, -0.2) is 86.6 Å². The first-order chi connectivity index (χ1) is 16.3. The van der Waals surface area contributed by atoms with Crippen molar-refractivity contribution in [3.63, 3.8) is 0 Å². The quantitative estimate of drug-likeness (QED) is 0.133. The topological polar surface area (TPSA) is 192 Å². The van der Waals surface area contributed by atoms with Gasteiger partial charge in [-0.05, 0) is 39.5 Å². The van der Waals surface area contributed by atoms with E-state index in [1.54, 1.807) is 0 Å². The Labute approximate surface area is 207 Å². The number of hydrogen-bond donors (Lipinski definition) is 5. The van der Waals surface area contributed by atoms with Crippen molar-refractivity contribution in [1.29, 1.82) is 0 Å². The monoisotopic (exact) mass is 504 g/mol. The van der Waals surface area contributed by atoms with Gasteiger partial charge in [-0.15, -0.1) is 0 Å². The zero-order chi connectivity index (χ0) is 26.9. The van der Waals surface area contributed by atoms with Gasteiger partial charge in [-0.25, -0.2) is 0 Å². The zero-order valence-electron chi connectivity index (χ0n) is 21.5. The van der Waals surface area contributed by atoms with Crippen molar-refractivity contribution < 1.29 is 38.5 Å². The largest absolute Gasteiger partial charge is 0.480 e. The number of carbonyl (C=O) groups excluding carboxylic acids is 3. The number of ether oxygens (including phenoxy) is 3. The summed E-state index contributed by atoms with van der Waals surface area (Å²) in [5.41, 5.74) is 9.30. The molecule has 0 heterocycles. The van der Waals surface area contributed by atoms with E-state index in [1.165, 1.54) is 0 Å². The van der Waals surface area contributed by atoms with Crippen molar-refractivity contribution >= 4 is 23.7 Å². The molecule has 0 saturated carbocycles. The zero-order valence-corrected chi connectivity index (χ0v) is 21.5. The summed E-state index contributed by atoms with van der Waals surface area (Å²) in [4.78, 5) is 45.4. The lowest BCUT2D eigenvalue weighted by Gasteiger charge is -2.29. The Kier molecular flexibility index (Phi) is 16.1. The molecule has 0 bridgehead atoms. The summed E-state index contributed by atoms with van der Waals surface area (Å²) in [6.45, 7) is 9.58. The summed E-state index contributed by atoms with van der Waals surface area (Å²) in [6.07, 6.45) is 2.10. The molecule has 0 aliphatic rings. The summed E-state index contributed by atoms with van der Waals surface area (Å²) in [5, 5.41) is 14.3. The van der Waals surface area contributed by atoms with E-state index < -0.39 is 28.9 Å². The second-order valence-corrected chi connectivity index (χ2v) is 9.57. The maximum absolute atomic E-state index is 12.5. The van der Waals surface area contributed by atoms with Crippen molar-refractivity contribution in [2.45, 2.75) is 71.4 Å². The molecule has 0 fully saturated rings. The number of amides is 3. The van der Waals surface area contributed by atoms with Crippen LogP contribution in [0, 0.1) is 5.41 Å². The predicted octanol–water partition coefficient (Wildman–Crippen LogP) is -0.0789. The first-order valence-corrected chi connectivity index (χ1v) is 11.9. The second-order valence-electron chi connectivity index (χ2n) is 9.57. The number of hydrogen-bond acceptors (Lipinski definition) is 8. The number of rotatable bonds is 21. The van der Waals surface area contributed by atoms with Gasteiger partial charge in [0.1, 0.15) is 12.6 Å². The first kappa shape index (κ1) is 32.7. The van der Waals surface area contributed by atoms with E-state index in [0.29, 0.717) is 52.2 Å². The van der Waals surface area contributed by atoms with E-state index >= 15 is 0 Å². The number of primary amides is 1. The molecular weight excluding hydrogens is 460 g/mol. The highest BCUT2D eigenvalue weighted by Crippen LogP contribution is 2.23. The predicted molar refractivity (Wildman–Crippen MR) is 129 cm³/mol. The fourth-order valence-electron chi connectivity index (χ4n) is 2.88. The molecular formula is C23H44N4O8. The summed E-state index contributed by atoms with van der Waals surface area (Å²) in [7, 11) is 0. The van der Waals surface area contributed by atoms with Crippen LogP contribution in [0.4, 0.5) is 0 Å². The van der Waals surface area contributed by atoms with Crippen LogP contribution < -0.4 is 22.1 Å².